The van der Waals surface area contributed by atoms with Gasteiger partial charge in [0.05, 0.1) is 0 Å². The molecule has 1 heterocycles. The second-order valence-electron chi connectivity index (χ2n) is 4.25. The van der Waals surface area contributed by atoms with Gasteiger partial charge in [-0.2, -0.15) is 0 Å². The van der Waals surface area contributed by atoms with Crippen LogP contribution in [0.3, 0.4) is 0 Å². The maximum absolute atomic E-state index is 11.3. The molecule has 0 aliphatic carbocycles. The average Bonchev–Trinajstić information content (AvgIpc) is 2.27. The van der Waals surface area contributed by atoms with Gasteiger partial charge in [-0.3, -0.25) is 4.21 Å². The van der Waals surface area contributed by atoms with Gasteiger partial charge in [-0.05, 0) is 53.4 Å². The number of hydrogen-bond acceptors (Lipinski definition) is 2. The molecule has 0 aromatic heterocycles. The molecule has 4 heteroatoms. The molecule has 1 aliphatic rings. The third-order valence-corrected chi connectivity index (χ3v) is 4.94. The smallest absolute Gasteiger partial charge is 0.0489 e. The lowest BCUT2D eigenvalue weighted by atomic mass is 10.1. The van der Waals surface area contributed by atoms with E-state index in [0.29, 0.717) is 6.04 Å². The monoisotopic (exact) mass is 301 g/mol. The van der Waals surface area contributed by atoms with Gasteiger partial charge >= 0.3 is 0 Å². The molecule has 2 rings (SSSR count). The highest BCUT2D eigenvalue weighted by molar-refractivity contribution is 9.10. The molecular weight excluding hydrogens is 286 g/mol. The fourth-order valence-electron chi connectivity index (χ4n) is 1.91. The van der Waals surface area contributed by atoms with E-state index in [4.69, 9.17) is 0 Å². The lowest BCUT2D eigenvalue weighted by molar-refractivity contribution is 0.624. The van der Waals surface area contributed by atoms with Gasteiger partial charge in [0.1, 0.15) is 0 Å². The zero-order valence-corrected chi connectivity index (χ0v) is 11.7. The van der Waals surface area contributed by atoms with Gasteiger partial charge in [0, 0.05) is 38.5 Å². The zero-order valence-electron chi connectivity index (χ0n) is 9.33. The molecule has 0 atom stereocenters. The summed E-state index contributed by atoms with van der Waals surface area (Å²) in [6.45, 7) is 2.09. The molecule has 1 aromatic rings. The van der Waals surface area contributed by atoms with Crippen molar-refractivity contribution in [2.24, 2.45) is 0 Å². The van der Waals surface area contributed by atoms with Crippen molar-refractivity contribution in [3.63, 3.8) is 0 Å². The molecule has 1 N–H and O–H groups in total. The molecule has 1 aromatic carbocycles. The Kier molecular flexibility index (Phi) is 4.03. The molecule has 1 fully saturated rings. The molecular formula is C12H16BrNOS. The summed E-state index contributed by atoms with van der Waals surface area (Å²) >= 11 is 3.55. The van der Waals surface area contributed by atoms with Crippen molar-refractivity contribution in [1.29, 1.82) is 0 Å². The highest BCUT2D eigenvalue weighted by atomic mass is 79.9. The minimum absolute atomic E-state index is 0.468. The van der Waals surface area contributed by atoms with Crippen molar-refractivity contribution in [2.75, 3.05) is 16.8 Å². The Labute approximate surface area is 107 Å². The van der Waals surface area contributed by atoms with Crippen LogP contribution in [0, 0.1) is 6.92 Å². The number of benzene rings is 1. The van der Waals surface area contributed by atoms with Gasteiger partial charge in [0.15, 0.2) is 0 Å². The molecule has 2 nitrogen and oxygen atoms in total. The third kappa shape index (κ3) is 3.08. The maximum atomic E-state index is 11.3. The first-order valence-corrected chi connectivity index (χ1v) is 7.81. The molecule has 0 unspecified atom stereocenters. The first kappa shape index (κ1) is 12.1. The van der Waals surface area contributed by atoms with Crippen LogP contribution in [0.1, 0.15) is 18.4 Å². The van der Waals surface area contributed by atoms with E-state index in [9.17, 15) is 4.21 Å². The van der Waals surface area contributed by atoms with Gasteiger partial charge in [0.2, 0.25) is 0 Å². The molecule has 1 saturated heterocycles. The molecule has 0 amide bonds. The van der Waals surface area contributed by atoms with Crippen molar-refractivity contribution < 1.29 is 4.21 Å². The van der Waals surface area contributed by atoms with Gasteiger partial charge in [-0.1, -0.05) is 6.07 Å². The number of hydrogen-bond donors (Lipinski definition) is 1. The minimum atomic E-state index is -0.580. The maximum Gasteiger partial charge on any atom is 0.0489 e. The van der Waals surface area contributed by atoms with Crippen molar-refractivity contribution in [3.05, 3.63) is 28.2 Å². The Bertz CT molecular complexity index is 398. The molecule has 88 valence electrons. The zero-order chi connectivity index (χ0) is 11.5. The van der Waals surface area contributed by atoms with Gasteiger partial charge in [0.25, 0.3) is 0 Å². The van der Waals surface area contributed by atoms with E-state index in [-0.39, 0.29) is 0 Å². The Morgan fingerprint density at radius 3 is 2.75 bits per heavy atom. The topological polar surface area (TPSA) is 29.1 Å². The van der Waals surface area contributed by atoms with E-state index in [1.54, 1.807) is 0 Å². The van der Waals surface area contributed by atoms with Crippen LogP contribution in [0.4, 0.5) is 5.69 Å². The second-order valence-corrected chi connectivity index (χ2v) is 6.80. The fraction of sp³-hybridized carbons (Fsp3) is 0.500. The number of anilines is 1. The second kappa shape index (κ2) is 5.32. The lowest BCUT2D eigenvalue weighted by Crippen LogP contribution is -2.29. The quantitative estimate of drug-likeness (QED) is 0.909. The Hall–Kier alpha value is -0.350. The molecule has 0 saturated carbocycles. The summed E-state index contributed by atoms with van der Waals surface area (Å²) in [6.07, 6.45) is 2.01. The summed E-state index contributed by atoms with van der Waals surface area (Å²) < 4.78 is 12.4. The van der Waals surface area contributed by atoms with E-state index >= 15 is 0 Å². The van der Waals surface area contributed by atoms with Crippen LogP contribution in [0.15, 0.2) is 22.7 Å². The predicted octanol–water partition coefficient (Wildman–Crippen LogP) is 3.08. The number of halogens is 1. The number of rotatable bonds is 2. The Balaban J connectivity index is 2.03. The van der Waals surface area contributed by atoms with Crippen LogP contribution in [0.2, 0.25) is 0 Å². The summed E-state index contributed by atoms with van der Waals surface area (Å²) in [4.78, 5) is 0. The largest absolute Gasteiger partial charge is 0.381 e. The Morgan fingerprint density at radius 1 is 1.38 bits per heavy atom. The van der Waals surface area contributed by atoms with Crippen LogP contribution in [-0.4, -0.2) is 21.8 Å². The molecule has 16 heavy (non-hydrogen) atoms. The summed E-state index contributed by atoms with van der Waals surface area (Å²) in [7, 11) is -0.580. The van der Waals surface area contributed by atoms with Gasteiger partial charge in [-0.15, -0.1) is 0 Å². The van der Waals surface area contributed by atoms with Crippen LogP contribution in [0.25, 0.3) is 0 Å². The average molecular weight is 302 g/mol. The number of nitrogens with one attached hydrogen (secondary N) is 1. The normalized spacial score (nSPS) is 25.4. The van der Waals surface area contributed by atoms with Crippen molar-refractivity contribution in [1.82, 2.24) is 0 Å². The summed E-state index contributed by atoms with van der Waals surface area (Å²) in [5.74, 6) is 1.67. The first-order valence-electron chi connectivity index (χ1n) is 5.53. The van der Waals surface area contributed by atoms with Crippen molar-refractivity contribution in [2.45, 2.75) is 25.8 Å². The molecule has 0 radical (unpaired) electrons. The van der Waals surface area contributed by atoms with Gasteiger partial charge < -0.3 is 5.32 Å². The molecule has 0 bridgehead atoms. The summed E-state index contributed by atoms with van der Waals surface area (Å²) in [5, 5.41) is 3.53. The fourth-order valence-corrected chi connectivity index (χ4v) is 3.57. The van der Waals surface area contributed by atoms with Crippen molar-refractivity contribution >= 4 is 32.4 Å². The van der Waals surface area contributed by atoms with Crippen LogP contribution < -0.4 is 5.32 Å². The molecule has 0 spiro atoms. The van der Waals surface area contributed by atoms with E-state index < -0.39 is 10.8 Å². The summed E-state index contributed by atoms with van der Waals surface area (Å²) in [6, 6.07) is 6.77. The Morgan fingerprint density at radius 2 is 2.06 bits per heavy atom. The van der Waals surface area contributed by atoms with E-state index in [0.717, 1.165) is 34.5 Å². The summed E-state index contributed by atoms with van der Waals surface area (Å²) in [5.41, 5.74) is 2.41. The van der Waals surface area contributed by atoms with Gasteiger partial charge in [-0.25, -0.2) is 0 Å². The van der Waals surface area contributed by atoms with Crippen LogP contribution in [-0.2, 0) is 10.8 Å². The van der Waals surface area contributed by atoms with Crippen LogP contribution >= 0.6 is 15.9 Å². The molecule has 1 aliphatic heterocycles. The third-order valence-electron chi connectivity index (χ3n) is 2.87. The highest BCUT2D eigenvalue weighted by Gasteiger charge is 2.18. The SMILES string of the molecule is Cc1ccc(Br)c(NC2CCS(=O)CC2)c1. The highest BCUT2D eigenvalue weighted by Crippen LogP contribution is 2.25. The standard InChI is InChI=1S/C12H16BrNOS/c1-9-2-3-11(13)12(8-9)14-10-4-6-16(15)7-5-10/h2-3,8,10,14H,4-7H2,1H3. The van der Waals surface area contributed by atoms with Crippen LogP contribution in [0.5, 0.6) is 0 Å². The lowest BCUT2D eigenvalue weighted by Gasteiger charge is -2.24. The first-order chi connectivity index (χ1) is 7.65. The predicted molar refractivity (Wildman–Crippen MR) is 73.4 cm³/mol. The van der Waals surface area contributed by atoms with E-state index in [1.165, 1.54) is 5.56 Å². The van der Waals surface area contributed by atoms with E-state index in [1.807, 2.05) is 0 Å². The van der Waals surface area contributed by atoms with E-state index in [2.05, 4.69) is 46.4 Å². The minimum Gasteiger partial charge on any atom is -0.381 e. The number of aryl methyl sites for hydroxylation is 1. The van der Waals surface area contributed by atoms with Crippen molar-refractivity contribution in [3.8, 4) is 0 Å².